The molecule has 7 N–H and O–H groups in total. The maximum Gasteiger partial charge on any atom is 0.342 e. The lowest BCUT2D eigenvalue weighted by Gasteiger charge is -2.37. The van der Waals surface area contributed by atoms with Crippen molar-refractivity contribution < 1.29 is 25.6 Å². The molecule has 0 spiro atoms. The Hall–Kier alpha value is -4.35. The molecule has 0 bridgehead atoms. The van der Waals surface area contributed by atoms with E-state index in [-0.39, 0.29) is 37.4 Å². The second-order valence-corrected chi connectivity index (χ2v) is 14.6. The van der Waals surface area contributed by atoms with E-state index in [9.17, 15) is 14.0 Å². The molecule has 12 nitrogen and oxygen atoms in total. The summed E-state index contributed by atoms with van der Waals surface area (Å²) in [5.41, 5.74) is 5.43. The van der Waals surface area contributed by atoms with E-state index >= 15 is 0 Å². The molecule has 0 saturated carbocycles. The molecule has 63 heavy (non-hydrogen) atoms. The van der Waals surface area contributed by atoms with Gasteiger partial charge in [0.05, 0.1) is 42.8 Å². The van der Waals surface area contributed by atoms with Gasteiger partial charge in [0.15, 0.2) is 0 Å². The zero-order chi connectivity index (χ0) is 46.9. The van der Waals surface area contributed by atoms with Gasteiger partial charge in [-0.1, -0.05) is 172 Å². The third kappa shape index (κ3) is 12.7. The molecular formula is C42H39Cl8FN8O4. The molecule has 4 aromatic heterocycles. The van der Waals surface area contributed by atoms with Crippen LogP contribution in [-0.4, -0.2) is 62.7 Å². The summed E-state index contributed by atoms with van der Waals surface area (Å²) in [7, 11) is 0.226. The predicted octanol–water partition coefficient (Wildman–Crippen LogP) is 10.8. The maximum absolute atomic E-state index is 11.1. The van der Waals surface area contributed by atoms with Crippen LogP contribution >= 0.6 is 92.8 Å². The fraction of sp³-hybridized carbons (Fsp3) is 0.143. The summed E-state index contributed by atoms with van der Waals surface area (Å²) in [4.78, 5) is 33.9. The zero-order valence-electron chi connectivity index (χ0n) is 34.3. The molecule has 0 saturated heterocycles. The van der Waals surface area contributed by atoms with E-state index in [4.69, 9.17) is 87.7 Å². The number of pyridine rings is 3. The van der Waals surface area contributed by atoms with E-state index in [2.05, 4.69) is 121 Å². The average molecular weight is 1020 g/mol. The van der Waals surface area contributed by atoms with Gasteiger partial charge in [-0.15, -0.1) is 11.6 Å². The number of nitrogens with one attached hydrogen (secondary N) is 1. The minimum absolute atomic E-state index is 0. The molecule has 0 aliphatic carbocycles. The van der Waals surface area contributed by atoms with Crippen molar-refractivity contribution in [1.82, 2.24) is 30.0 Å². The molecule has 5 heterocycles. The monoisotopic (exact) mass is 1020 g/mol. The number of halogens is 9. The van der Waals surface area contributed by atoms with E-state index in [1.807, 2.05) is 35.9 Å². The Morgan fingerprint density at radius 2 is 1.19 bits per heavy atom. The number of methoxy groups -OCH3 is 1. The van der Waals surface area contributed by atoms with Crippen molar-refractivity contribution >= 4 is 116 Å². The highest BCUT2D eigenvalue weighted by Crippen LogP contribution is 2.43. The van der Waals surface area contributed by atoms with E-state index in [1.165, 1.54) is 19.6 Å². The number of nitrogens with zero attached hydrogens (tertiary/aromatic N) is 5. The van der Waals surface area contributed by atoms with Crippen molar-refractivity contribution in [2.45, 2.75) is 19.0 Å². The molecule has 1 amide bonds. The Morgan fingerprint density at radius 3 is 1.65 bits per heavy atom. The van der Waals surface area contributed by atoms with Crippen molar-refractivity contribution in [2.24, 2.45) is 11.7 Å². The van der Waals surface area contributed by atoms with Crippen LogP contribution in [0.5, 0.6) is 0 Å². The number of alkyl halides is 2. The summed E-state index contributed by atoms with van der Waals surface area (Å²) in [6.45, 7) is 2.43. The highest BCUT2D eigenvalue weighted by Gasteiger charge is 2.41. The molecule has 8 rings (SSSR count). The van der Waals surface area contributed by atoms with Gasteiger partial charge in [0.2, 0.25) is 0 Å². The molecule has 0 atom stereocenters. The Balaban J connectivity index is 0.000000353. The number of fused-ring (bicyclic) bond motifs is 2. The number of nitrogens with two attached hydrogens (primary N) is 2. The van der Waals surface area contributed by atoms with Crippen LogP contribution in [0.25, 0.3) is 10.9 Å². The Morgan fingerprint density at radius 1 is 0.762 bits per heavy atom. The van der Waals surface area contributed by atoms with Gasteiger partial charge in [-0.05, 0) is 41.3 Å². The van der Waals surface area contributed by atoms with E-state index < -0.39 is 18.7 Å². The van der Waals surface area contributed by atoms with Crippen LogP contribution in [0.2, 0.25) is 35.9 Å². The Kier molecular flexibility index (Phi) is 22.2. The summed E-state index contributed by atoms with van der Waals surface area (Å²) >= 11 is 45.7. The molecule has 1 aliphatic rings. The quantitative estimate of drug-likeness (QED) is 0.0375. The first-order chi connectivity index (χ1) is 30.3. The summed E-state index contributed by atoms with van der Waals surface area (Å²) < 4.78 is 22.0. The molecular weight excluding hydrogens is 983 g/mol. The molecule has 21 heteroatoms. The predicted molar refractivity (Wildman–Crippen MR) is 254 cm³/mol. The normalized spacial score (nSPS) is 11.0. The fourth-order valence-corrected chi connectivity index (χ4v) is 8.30. The number of benzene rings is 3. The number of amides is 1. The first-order valence-electron chi connectivity index (χ1n) is 18.2. The molecule has 7 aromatic rings. The van der Waals surface area contributed by atoms with E-state index in [0.29, 0.717) is 27.6 Å². The number of rotatable bonds is 5. The van der Waals surface area contributed by atoms with Crippen LogP contribution in [0.3, 0.4) is 0 Å². The number of aromatic nitrogens is 5. The van der Waals surface area contributed by atoms with Gasteiger partial charge in [-0.25, -0.2) is 24.4 Å². The molecule has 3 aromatic carbocycles. The lowest BCUT2D eigenvalue weighted by molar-refractivity contribution is 0.0600. The largest absolute Gasteiger partial charge is 0.465 e. The number of aryl methyl sites for hydroxylation is 1. The van der Waals surface area contributed by atoms with Crippen LogP contribution < -0.4 is 17.0 Å². The summed E-state index contributed by atoms with van der Waals surface area (Å²) in [6.07, 6.45) is 1.47. The van der Waals surface area contributed by atoms with Gasteiger partial charge in [0.25, 0.3) is 5.91 Å². The van der Waals surface area contributed by atoms with Crippen molar-refractivity contribution in [3.8, 4) is 0 Å². The molecule has 0 fully saturated rings. The van der Waals surface area contributed by atoms with Gasteiger partial charge in [0.1, 0.15) is 42.0 Å². The Labute approximate surface area is 404 Å². The SMILES string of the molecule is CCl.COC(=O)c1c(Cl)cc(Cl)nc1Cl.Cc1nn(C(c2ccccc2)(c2ccccc2)c2ccccc2)c2cc(Cl)nc(Cl)c12.NN.O.O=C1NCc2cc(Cl)nc(Cl)c21.[2H]CF. The number of hydrogen-bond acceptors (Lipinski definition) is 9. The van der Waals surface area contributed by atoms with Gasteiger partial charge in [-0.2, -0.15) is 5.10 Å². The number of esters is 1. The number of ether oxygens (including phenoxy) is 1. The highest BCUT2D eigenvalue weighted by atomic mass is 35.5. The lowest BCUT2D eigenvalue weighted by Crippen LogP contribution is -2.38. The smallest absolute Gasteiger partial charge is 0.342 e. The first kappa shape index (κ1) is 53.0. The molecule has 1 aliphatic heterocycles. The van der Waals surface area contributed by atoms with Crippen LogP contribution in [0.15, 0.2) is 109 Å². The Bertz CT molecular complexity index is 2490. The van der Waals surface area contributed by atoms with E-state index in [1.54, 1.807) is 6.07 Å². The van der Waals surface area contributed by atoms with Crippen LogP contribution in [0, 0.1) is 6.92 Å². The minimum Gasteiger partial charge on any atom is -0.465 e. The van der Waals surface area contributed by atoms with Gasteiger partial charge < -0.3 is 15.5 Å². The second kappa shape index (κ2) is 26.4. The highest BCUT2D eigenvalue weighted by molar-refractivity contribution is 6.40. The van der Waals surface area contributed by atoms with Crippen molar-refractivity contribution in [3.05, 3.63) is 184 Å². The summed E-state index contributed by atoms with van der Waals surface area (Å²) in [6, 6.07) is 36.0. The van der Waals surface area contributed by atoms with Gasteiger partial charge in [0, 0.05) is 19.0 Å². The summed E-state index contributed by atoms with van der Waals surface area (Å²) in [5, 5.41) is 9.83. The van der Waals surface area contributed by atoms with Crippen LogP contribution in [0.1, 0.15) is 50.0 Å². The standard InChI is InChI=1S/C26H19Cl2N3.C7H4Cl3NO2.C7H4Cl2N2O.CH3Cl.CH3F.H4N2.H2O/c1-18-24-22(17-23(27)29-25(24)28)31(30-18)26(19-11-5-2-6-12-19,20-13-7-3-8-14-20)21-15-9-4-10-16-21;1-13-7(12)5-3(8)2-4(9)11-6(5)10;8-4-1-3-2-10-7(12)5(3)6(9)11-4;3*1-2;/h2-17H,1H3;2H,1H3;1H,2H2,(H,10,12);2*1H3;1-2H2;1H2/i;;;;1D;;. The van der Waals surface area contributed by atoms with Gasteiger partial charge >= 0.3 is 5.97 Å². The van der Waals surface area contributed by atoms with E-state index in [0.717, 1.165) is 38.9 Å². The minimum atomic E-state index is -1.00. The number of hydrogen-bond donors (Lipinski definition) is 3. The van der Waals surface area contributed by atoms with Crippen LogP contribution in [-0.2, 0) is 16.8 Å². The third-order valence-electron chi connectivity index (χ3n) is 8.63. The molecule has 334 valence electrons. The van der Waals surface area contributed by atoms with Crippen molar-refractivity contribution in [3.63, 3.8) is 0 Å². The zero-order valence-corrected chi connectivity index (χ0v) is 39.4. The fourth-order valence-electron chi connectivity index (χ4n) is 6.30. The lowest BCUT2D eigenvalue weighted by atomic mass is 9.77. The third-order valence-corrected chi connectivity index (χ3v) is 10.3. The molecule has 0 radical (unpaired) electrons. The first-order valence-corrected chi connectivity index (χ1v) is 20.9. The average Bonchev–Trinajstić information content (AvgIpc) is 3.82. The summed E-state index contributed by atoms with van der Waals surface area (Å²) in [5.74, 6) is 7.18. The second-order valence-electron chi connectivity index (χ2n) is 12.0. The number of carbonyl (C=O) groups is 2. The van der Waals surface area contributed by atoms with Gasteiger partial charge in [-0.3, -0.25) is 20.9 Å². The van der Waals surface area contributed by atoms with Crippen LogP contribution in [0.4, 0.5) is 4.39 Å². The van der Waals surface area contributed by atoms with Crippen molar-refractivity contribution in [1.29, 1.82) is 0 Å². The number of hydrazine groups is 1. The molecule has 0 unspecified atom stereocenters. The van der Waals surface area contributed by atoms with Crippen molar-refractivity contribution in [2.75, 3.05) is 20.6 Å². The maximum atomic E-state index is 11.1. The number of carbonyl (C=O) groups excluding carboxylic acids is 2. The topological polar surface area (TPSA) is 195 Å².